The summed E-state index contributed by atoms with van der Waals surface area (Å²) < 4.78 is 30.5. The maximum absolute atomic E-state index is 14.7. The summed E-state index contributed by atoms with van der Waals surface area (Å²) in [7, 11) is 0. The van der Waals surface area contributed by atoms with Gasteiger partial charge in [0.1, 0.15) is 17.8 Å². The molecule has 0 bridgehead atoms. The van der Waals surface area contributed by atoms with Gasteiger partial charge in [-0.15, -0.1) is 0 Å². The third-order valence-corrected chi connectivity index (χ3v) is 4.60. The molecule has 160 valence electrons. The van der Waals surface area contributed by atoms with Gasteiger partial charge < -0.3 is 13.9 Å². The number of hydrogen-bond acceptors (Lipinski definition) is 4. The molecule has 1 heterocycles. The Labute approximate surface area is 180 Å². The van der Waals surface area contributed by atoms with Gasteiger partial charge in [-0.05, 0) is 47.2 Å². The molecule has 0 aliphatic heterocycles. The number of fused-ring (bicyclic) bond motifs is 1. The van der Waals surface area contributed by atoms with Gasteiger partial charge in [-0.1, -0.05) is 62.4 Å². The van der Waals surface area contributed by atoms with E-state index in [0.29, 0.717) is 24.4 Å². The number of rotatable bonds is 10. The first-order chi connectivity index (χ1) is 15.1. The summed E-state index contributed by atoms with van der Waals surface area (Å²) in [6, 6.07) is 12.7. The van der Waals surface area contributed by atoms with E-state index < -0.39 is 11.4 Å². The van der Waals surface area contributed by atoms with Crippen LogP contribution in [0.4, 0.5) is 4.39 Å². The summed E-state index contributed by atoms with van der Waals surface area (Å²) in [5, 5.41) is 0.376. The Kier molecular flexibility index (Phi) is 7.82. The third-order valence-electron chi connectivity index (χ3n) is 4.60. The molecule has 0 radical (unpaired) electrons. The molecule has 0 N–H and O–H groups in total. The van der Waals surface area contributed by atoms with Crippen LogP contribution in [-0.4, -0.2) is 13.2 Å². The Morgan fingerprint density at radius 3 is 2.52 bits per heavy atom. The quantitative estimate of drug-likeness (QED) is 0.279. The number of unbranched alkanes of at least 4 members (excludes halogenated alkanes) is 1. The average Bonchev–Trinajstić information content (AvgIpc) is 2.77. The maximum Gasteiger partial charge on any atom is 0.347 e. The van der Waals surface area contributed by atoms with E-state index in [4.69, 9.17) is 13.9 Å². The van der Waals surface area contributed by atoms with Crippen molar-refractivity contribution in [3.05, 3.63) is 94.5 Å². The van der Waals surface area contributed by atoms with Gasteiger partial charge >= 0.3 is 5.63 Å². The highest BCUT2D eigenvalue weighted by molar-refractivity contribution is 5.85. The van der Waals surface area contributed by atoms with Crippen LogP contribution in [0, 0.1) is 5.82 Å². The molecule has 0 aliphatic carbocycles. The zero-order valence-corrected chi connectivity index (χ0v) is 17.5. The fraction of sp³-hybridized carbons (Fsp3) is 0.192. The molecule has 1 aromatic heterocycles. The molecule has 0 fully saturated rings. The van der Waals surface area contributed by atoms with Gasteiger partial charge in [-0.3, -0.25) is 0 Å². The average molecular weight is 420 g/mol. The molecule has 5 heteroatoms. The van der Waals surface area contributed by atoms with Crippen molar-refractivity contribution in [2.24, 2.45) is 0 Å². The zero-order chi connectivity index (χ0) is 22.1. The molecule has 0 saturated carbocycles. The molecule has 0 spiro atoms. The van der Waals surface area contributed by atoms with E-state index in [1.807, 2.05) is 49.4 Å². The fourth-order valence-electron chi connectivity index (χ4n) is 2.96. The van der Waals surface area contributed by atoms with Crippen LogP contribution in [0.5, 0.6) is 5.75 Å². The molecular formula is C26H25FO4. The lowest BCUT2D eigenvalue weighted by atomic mass is 10.1. The summed E-state index contributed by atoms with van der Waals surface area (Å²) in [5.74, 6) is -0.260. The van der Waals surface area contributed by atoms with E-state index in [-0.39, 0.29) is 11.1 Å². The Hall–Kier alpha value is -3.60. The van der Waals surface area contributed by atoms with Crippen LogP contribution in [0.25, 0.3) is 29.0 Å². The van der Waals surface area contributed by atoms with Gasteiger partial charge in [0, 0.05) is 0 Å². The molecule has 0 aliphatic rings. The number of ether oxygens (including phenoxy) is 2. The second-order valence-electron chi connectivity index (χ2n) is 6.88. The standard InChI is InChI=1S/C26H25FO4/c1-3-5-17-30-23-15-13-21-18-22(31-26(28)24(21)25(23)27)14-12-20-10-8-19(9-11-20)7-6-16-29-4-2/h4,6-15,18H,2-3,5,16-17H2,1H3/b7-6+,14-12+. The SMILES string of the molecule is C=COC/C=C/c1ccc(/C=C/c2cc3ccc(OCCCC)c(F)c3c(=O)o2)cc1. The number of halogens is 1. The van der Waals surface area contributed by atoms with Crippen molar-refractivity contribution in [2.75, 3.05) is 13.2 Å². The molecule has 3 rings (SSSR count). The molecule has 0 amide bonds. The third kappa shape index (κ3) is 5.95. The van der Waals surface area contributed by atoms with E-state index in [1.54, 1.807) is 24.3 Å². The van der Waals surface area contributed by atoms with Gasteiger partial charge in [0.05, 0.1) is 12.9 Å². The highest BCUT2D eigenvalue weighted by Crippen LogP contribution is 2.25. The van der Waals surface area contributed by atoms with Crippen LogP contribution in [-0.2, 0) is 4.74 Å². The lowest BCUT2D eigenvalue weighted by Crippen LogP contribution is -2.06. The summed E-state index contributed by atoms with van der Waals surface area (Å²) >= 11 is 0. The van der Waals surface area contributed by atoms with Crippen LogP contribution < -0.4 is 10.4 Å². The van der Waals surface area contributed by atoms with E-state index >= 15 is 0 Å². The minimum atomic E-state index is -0.724. The van der Waals surface area contributed by atoms with Crippen LogP contribution in [0.1, 0.15) is 36.7 Å². The molecule has 3 aromatic rings. The van der Waals surface area contributed by atoms with Crippen LogP contribution in [0.15, 0.2) is 70.6 Å². The topological polar surface area (TPSA) is 48.7 Å². The highest BCUT2D eigenvalue weighted by Gasteiger charge is 2.14. The van der Waals surface area contributed by atoms with E-state index in [1.165, 1.54) is 6.26 Å². The summed E-state index contributed by atoms with van der Waals surface area (Å²) in [5.41, 5.74) is 1.25. The van der Waals surface area contributed by atoms with Crippen molar-refractivity contribution < 1.29 is 18.3 Å². The largest absolute Gasteiger partial charge is 0.498 e. The molecule has 31 heavy (non-hydrogen) atoms. The van der Waals surface area contributed by atoms with Crippen molar-refractivity contribution in [1.82, 2.24) is 0 Å². The lowest BCUT2D eigenvalue weighted by Gasteiger charge is -2.08. The normalized spacial score (nSPS) is 11.4. The molecule has 0 atom stereocenters. The molecule has 0 saturated heterocycles. The van der Waals surface area contributed by atoms with Gasteiger partial charge in [-0.2, -0.15) is 0 Å². The van der Waals surface area contributed by atoms with Crippen LogP contribution in [0.2, 0.25) is 0 Å². The van der Waals surface area contributed by atoms with Gasteiger partial charge in [-0.25, -0.2) is 9.18 Å². The highest BCUT2D eigenvalue weighted by atomic mass is 19.1. The van der Waals surface area contributed by atoms with E-state index in [9.17, 15) is 9.18 Å². The van der Waals surface area contributed by atoms with Crippen molar-refractivity contribution in [2.45, 2.75) is 19.8 Å². The Balaban J connectivity index is 1.76. The lowest BCUT2D eigenvalue weighted by molar-refractivity contribution is 0.292. The van der Waals surface area contributed by atoms with E-state index in [2.05, 4.69) is 6.58 Å². The van der Waals surface area contributed by atoms with Crippen molar-refractivity contribution in [3.8, 4) is 5.75 Å². The van der Waals surface area contributed by atoms with Gasteiger partial charge in [0.25, 0.3) is 0 Å². The first kappa shape index (κ1) is 22.1. The van der Waals surface area contributed by atoms with Crippen molar-refractivity contribution in [3.63, 3.8) is 0 Å². The van der Waals surface area contributed by atoms with E-state index in [0.717, 1.165) is 24.0 Å². The van der Waals surface area contributed by atoms with Crippen molar-refractivity contribution in [1.29, 1.82) is 0 Å². The minimum Gasteiger partial charge on any atom is -0.498 e. The number of benzene rings is 2. The molecular weight excluding hydrogens is 395 g/mol. The van der Waals surface area contributed by atoms with Gasteiger partial charge in [0.2, 0.25) is 0 Å². The first-order valence-electron chi connectivity index (χ1n) is 10.2. The Morgan fingerprint density at radius 1 is 1.06 bits per heavy atom. The molecule has 2 aromatic carbocycles. The second-order valence-corrected chi connectivity index (χ2v) is 6.88. The number of hydrogen-bond donors (Lipinski definition) is 0. The maximum atomic E-state index is 14.7. The zero-order valence-electron chi connectivity index (χ0n) is 17.5. The Morgan fingerprint density at radius 2 is 1.81 bits per heavy atom. The fourth-order valence-corrected chi connectivity index (χ4v) is 2.96. The molecule has 0 unspecified atom stereocenters. The van der Waals surface area contributed by atoms with Crippen LogP contribution >= 0.6 is 0 Å². The van der Waals surface area contributed by atoms with Crippen molar-refractivity contribution >= 4 is 29.0 Å². The smallest absolute Gasteiger partial charge is 0.347 e. The summed E-state index contributed by atoms with van der Waals surface area (Å²) in [6.45, 7) is 6.39. The summed E-state index contributed by atoms with van der Waals surface area (Å²) in [4.78, 5) is 12.4. The summed E-state index contributed by atoms with van der Waals surface area (Å²) in [6.07, 6.45) is 10.5. The molecule has 4 nitrogen and oxygen atoms in total. The monoisotopic (exact) mass is 420 g/mol. The minimum absolute atomic E-state index is 0.0711. The van der Waals surface area contributed by atoms with Gasteiger partial charge in [0.15, 0.2) is 11.6 Å². The first-order valence-corrected chi connectivity index (χ1v) is 10.2. The van der Waals surface area contributed by atoms with Crippen LogP contribution in [0.3, 0.4) is 0 Å². The second kappa shape index (κ2) is 11.0. The predicted molar refractivity (Wildman–Crippen MR) is 123 cm³/mol. The Bertz CT molecular complexity index is 1140. The predicted octanol–water partition coefficient (Wildman–Crippen LogP) is 6.45.